The Morgan fingerprint density at radius 3 is 1.55 bits per heavy atom. The molecule has 1 aliphatic heterocycles. The number of amidine groups is 2. The molecule has 22 heavy (non-hydrogen) atoms. The molecule has 6 heteroatoms. The second-order valence-electron chi connectivity index (χ2n) is 5.77. The van der Waals surface area contributed by atoms with Gasteiger partial charge in [-0.25, -0.2) is 0 Å². The van der Waals surface area contributed by atoms with Gasteiger partial charge >= 0.3 is 0 Å². The number of unbranched alkanes of at least 4 members (excludes halogenated alkanes) is 2. The Hall–Kier alpha value is -1.72. The van der Waals surface area contributed by atoms with Gasteiger partial charge in [-0.05, 0) is 52.4 Å². The summed E-state index contributed by atoms with van der Waals surface area (Å²) in [6.45, 7) is 5.26. The third-order valence-corrected chi connectivity index (χ3v) is 3.44. The van der Waals surface area contributed by atoms with E-state index < -0.39 is 0 Å². The van der Waals surface area contributed by atoms with Gasteiger partial charge in [-0.2, -0.15) is 0 Å². The molecular formula is C16H30N6. The van der Waals surface area contributed by atoms with Gasteiger partial charge in [0.1, 0.15) is 0 Å². The van der Waals surface area contributed by atoms with Crippen molar-refractivity contribution >= 4 is 24.1 Å². The van der Waals surface area contributed by atoms with Crippen LogP contribution in [0.1, 0.15) is 52.4 Å². The predicted molar refractivity (Wildman–Crippen MR) is 96.6 cm³/mol. The monoisotopic (exact) mass is 306 g/mol. The van der Waals surface area contributed by atoms with Gasteiger partial charge in [0.2, 0.25) is 0 Å². The summed E-state index contributed by atoms with van der Waals surface area (Å²) < 4.78 is 0. The first-order valence-corrected chi connectivity index (χ1v) is 8.17. The third-order valence-electron chi connectivity index (χ3n) is 3.44. The number of nitrogens with two attached hydrogens (primary N) is 2. The molecule has 2 unspecified atom stereocenters. The lowest BCUT2D eigenvalue weighted by molar-refractivity contribution is 0.628. The van der Waals surface area contributed by atoms with Gasteiger partial charge in [0.15, 0.2) is 0 Å². The molecule has 0 spiro atoms. The molecule has 0 saturated heterocycles. The van der Waals surface area contributed by atoms with Crippen LogP contribution in [0.2, 0.25) is 0 Å². The minimum atomic E-state index is 0.240. The van der Waals surface area contributed by atoms with E-state index in [1.807, 2.05) is 26.3 Å². The van der Waals surface area contributed by atoms with Crippen LogP contribution < -0.4 is 11.5 Å². The second kappa shape index (κ2) is 10.9. The lowest BCUT2D eigenvalue weighted by Crippen LogP contribution is -2.19. The fourth-order valence-corrected chi connectivity index (χ4v) is 2.24. The van der Waals surface area contributed by atoms with Crippen molar-refractivity contribution in [2.24, 2.45) is 31.4 Å². The average Bonchev–Trinajstić information content (AvgIpc) is 2.47. The minimum Gasteiger partial charge on any atom is -0.388 e. The number of rotatable bonds is 10. The van der Waals surface area contributed by atoms with Crippen LogP contribution in [0.15, 0.2) is 20.0 Å². The van der Waals surface area contributed by atoms with Crippen LogP contribution in [-0.4, -0.2) is 49.3 Å². The first-order chi connectivity index (χ1) is 10.6. The number of nitrogens with zero attached hydrogens (tertiary/aromatic N) is 4. The maximum Gasteiger partial charge on any atom is 0.0905 e. The number of hydrogen-bond donors (Lipinski definition) is 2. The summed E-state index contributed by atoms with van der Waals surface area (Å²) >= 11 is 0. The van der Waals surface area contributed by atoms with Crippen molar-refractivity contribution in [3.05, 3.63) is 0 Å². The number of hydrogen-bond acceptors (Lipinski definition) is 4. The van der Waals surface area contributed by atoms with E-state index in [9.17, 15) is 0 Å². The van der Waals surface area contributed by atoms with Gasteiger partial charge in [-0.1, -0.05) is 0 Å². The Bertz CT molecular complexity index is 364. The molecule has 0 aromatic carbocycles. The van der Waals surface area contributed by atoms with E-state index in [4.69, 9.17) is 11.5 Å². The van der Waals surface area contributed by atoms with Crippen LogP contribution in [0.5, 0.6) is 0 Å². The van der Waals surface area contributed by atoms with E-state index in [0.717, 1.165) is 51.6 Å². The molecule has 124 valence electrons. The Labute approximate surface area is 133 Å². The summed E-state index contributed by atoms with van der Waals surface area (Å²) in [5.41, 5.74) is 11.0. The van der Waals surface area contributed by atoms with Crippen molar-refractivity contribution < 1.29 is 0 Å². The van der Waals surface area contributed by atoms with Crippen LogP contribution in [0.3, 0.4) is 0 Å². The molecule has 0 aromatic rings. The molecular weight excluding hydrogens is 276 g/mol. The van der Waals surface area contributed by atoms with Crippen molar-refractivity contribution in [2.75, 3.05) is 13.1 Å². The smallest absolute Gasteiger partial charge is 0.0905 e. The maximum absolute atomic E-state index is 5.50. The fraction of sp³-hybridized carbons (Fsp3) is 0.750. The lowest BCUT2D eigenvalue weighted by atomic mass is 10.1. The van der Waals surface area contributed by atoms with E-state index in [1.165, 1.54) is 0 Å². The van der Waals surface area contributed by atoms with E-state index in [2.05, 4.69) is 20.0 Å². The van der Waals surface area contributed by atoms with E-state index in [1.54, 1.807) is 0 Å². The Morgan fingerprint density at radius 1 is 0.818 bits per heavy atom. The Morgan fingerprint density at radius 2 is 1.23 bits per heavy atom. The summed E-state index contributed by atoms with van der Waals surface area (Å²) in [4.78, 5) is 17.5. The van der Waals surface area contributed by atoms with Gasteiger partial charge in [-0.3, -0.25) is 20.0 Å². The minimum absolute atomic E-state index is 0.240. The topological polar surface area (TPSA) is 101 Å². The molecule has 0 aliphatic carbocycles. The molecule has 0 radical (unpaired) electrons. The van der Waals surface area contributed by atoms with Crippen LogP contribution in [-0.2, 0) is 0 Å². The zero-order valence-corrected chi connectivity index (χ0v) is 13.9. The zero-order chi connectivity index (χ0) is 16.2. The van der Waals surface area contributed by atoms with Crippen molar-refractivity contribution in [1.29, 1.82) is 0 Å². The van der Waals surface area contributed by atoms with Crippen molar-refractivity contribution in [2.45, 2.75) is 64.5 Å². The van der Waals surface area contributed by atoms with Gasteiger partial charge in [0.05, 0.1) is 23.8 Å². The van der Waals surface area contributed by atoms with E-state index in [0.29, 0.717) is 11.7 Å². The van der Waals surface area contributed by atoms with Gasteiger partial charge in [-0.15, -0.1) is 0 Å². The normalized spacial score (nSPS) is 22.3. The summed E-state index contributed by atoms with van der Waals surface area (Å²) in [6, 6.07) is 0.479. The molecule has 0 saturated carbocycles. The molecule has 1 rings (SSSR count). The van der Waals surface area contributed by atoms with E-state index >= 15 is 0 Å². The van der Waals surface area contributed by atoms with Gasteiger partial charge in [0.25, 0.3) is 0 Å². The summed E-state index contributed by atoms with van der Waals surface area (Å²) in [7, 11) is 0. The van der Waals surface area contributed by atoms with Crippen LogP contribution in [0.25, 0.3) is 0 Å². The Kier molecular flexibility index (Phi) is 9.11. The molecule has 2 atom stereocenters. The van der Waals surface area contributed by atoms with Crippen LogP contribution >= 0.6 is 0 Å². The zero-order valence-electron chi connectivity index (χ0n) is 13.9. The first kappa shape index (κ1) is 18.3. The quantitative estimate of drug-likeness (QED) is 0.366. The molecule has 1 heterocycles. The fourth-order valence-electron chi connectivity index (χ4n) is 2.24. The third kappa shape index (κ3) is 9.26. The average molecular weight is 306 g/mol. The highest BCUT2D eigenvalue weighted by Crippen LogP contribution is 2.11. The predicted octanol–water partition coefficient (Wildman–Crippen LogP) is 1.97. The van der Waals surface area contributed by atoms with Gasteiger partial charge in [0, 0.05) is 25.5 Å². The van der Waals surface area contributed by atoms with Crippen molar-refractivity contribution in [3.63, 3.8) is 0 Å². The molecule has 0 bridgehead atoms. The molecule has 0 fully saturated rings. The van der Waals surface area contributed by atoms with Crippen LogP contribution in [0, 0.1) is 0 Å². The molecule has 0 amide bonds. The molecule has 6 nitrogen and oxygen atoms in total. The maximum atomic E-state index is 5.50. The lowest BCUT2D eigenvalue weighted by Gasteiger charge is -2.15. The van der Waals surface area contributed by atoms with Crippen molar-refractivity contribution in [3.8, 4) is 0 Å². The first-order valence-electron chi connectivity index (χ1n) is 8.17. The van der Waals surface area contributed by atoms with Crippen LogP contribution in [0.4, 0.5) is 0 Å². The highest BCUT2D eigenvalue weighted by atomic mass is 14.9. The van der Waals surface area contributed by atoms with E-state index in [-0.39, 0.29) is 12.1 Å². The summed E-state index contributed by atoms with van der Waals surface area (Å²) in [6.07, 6.45) is 10.4. The molecule has 1 aliphatic rings. The Balaban J connectivity index is 2.09. The SMILES string of the molecule is CC(N)=NCCCCC1C=NC(CCCCN=C(C)N)C=N1. The molecule has 4 N–H and O–H groups in total. The second-order valence-corrected chi connectivity index (χ2v) is 5.77. The van der Waals surface area contributed by atoms with Gasteiger partial charge < -0.3 is 11.5 Å². The number of aliphatic imine (C=N–C) groups is 4. The van der Waals surface area contributed by atoms with Crippen molar-refractivity contribution in [1.82, 2.24) is 0 Å². The molecule has 0 aromatic heterocycles. The highest BCUT2D eigenvalue weighted by molar-refractivity contribution is 5.78. The highest BCUT2D eigenvalue weighted by Gasteiger charge is 2.11. The largest absolute Gasteiger partial charge is 0.388 e. The summed E-state index contributed by atoms with van der Waals surface area (Å²) in [5, 5.41) is 0. The standard InChI is InChI=1S/C16H30N6/c1-13(17)19-9-5-3-7-15-11-22-16(12-21-15)8-4-6-10-20-14(2)18/h11-12,15-16H,3-10H2,1-2H3,(H2,17,19)(H2,18,20). The summed E-state index contributed by atoms with van der Waals surface area (Å²) in [5.74, 6) is 1.32.